The number of carbonyl (C=O) groups excluding carboxylic acids is 1. The lowest BCUT2D eigenvalue weighted by atomic mass is 10.1. The molecule has 0 saturated heterocycles. The second kappa shape index (κ2) is 8.35. The molecule has 0 saturated carbocycles. The van der Waals surface area contributed by atoms with Crippen LogP contribution in [-0.2, 0) is 0 Å². The standard InChI is InChI=1S/C20H21N3O3S/c1-14-7-8-15(2)18(11-14)22(20-21-9-4-10-27-20)13-19(24)16-5-3-6-17(12-16)23(25)26/h3,5-8,11-12H,4,9-10,13H2,1-2H3. The van der Waals surface area contributed by atoms with Crippen molar-refractivity contribution in [3.63, 3.8) is 0 Å². The fourth-order valence-corrected chi connectivity index (χ4v) is 3.86. The first-order chi connectivity index (χ1) is 13.0. The van der Waals surface area contributed by atoms with Gasteiger partial charge in [0.05, 0.1) is 11.5 Å². The maximum Gasteiger partial charge on any atom is 0.270 e. The van der Waals surface area contributed by atoms with Crippen LogP contribution in [0.1, 0.15) is 27.9 Å². The van der Waals surface area contributed by atoms with Crippen LogP contribution in [0.25, 0.3) is 0 Å². The Kier molecular flexibility index (Phi) is 5.91. The van der Waals surface area contributed by atoms with Crippen molar-refractivity contribution in [3.8, 4) is 0 Å². The van der Waals surface area contributed by atoms with E-state index in [1.54, 1.807) is 23.9 Å². The summed E-state index contributed by atoms with van der Waals surface area (Å²) in [6.45, 7) is 4.86. The zero-order valence-electron chi connectivity index (χ0n) is 15.3. The average molecular weight is 383 g/mol. The molecule has 140 valence electrons. The van der Waals surface area contributed by atoms with E-state index in [0.717, 1.165) is 40.7 Å². The molecule has 0 N–H and O–H groups in total. The van der Waals surface area contributed by atoms with Crippen molar-refractivity contribution in [2.75, 3.05) is 23.7 Å². The minimum atomic E-state index is -0.486. The molecule has 1 heterocycles. The number of benzene rings is 2. The second-order valence-electron chi connectivity index (χ2n) is 6.47. The topological polar surface area (TPSA) is 75.8 Å². The molecule has 0 unspecified atom stereocenters. The molecule has 1 aliphatic rings. The summed E-state index contributed by atoms with van der Waals surface area (Å²) in [7, 11) is 0. The first-order valence-electron chi connectivity index (χ1n) is 8.75. The molecule has 0 bridgehead atoms. The lowest BCUT2D eigenvalue weighted by Gasteiger charge is -2.28. The Hall–Kier alpha value is -2.67. The van der Waals surface area contributed by atoms with E-state index >= 15 is 0 Å². The van der Waals surface area contributed by atoms with Crippen molar-refractivity contribution >= 4 is 34.1 Å². The summed E-state index contributed by atoms with van der Waals surface area (Å²) in [6.07, 6.45) is 1.02. The summed E-state index contributed by atoms with van der Waals surface area (Å²) in [5, 5.41) is 11.8. The maximum absolute atomic E-state index is 12.9. The monoisotopic (exact) mass is 383 g/mol. The third-order valence-electron chi connectivity index (χ3n) is 4.35. The van der Waals surface area contributed by atoms with Crippen LogP contribution in [0.5, 0.6) is 0 Å². The predicted molar refractivity (Wildman–Crippen MR) is 110 cm³/mol. The number of anilines is 1. The molecule has 0 aliphatic carbocycles. The molecule has 6 nitrogen and oxygen atoms in total. The summed E-state index contributed by atoms with van der Waals surface area (Å²) in [5.74, 6) is 0.791. The van der Waals surface area contributed by atoms with E-state index < -0.39 is 4.92 Å². The number of hydrogen-bond acceptors (Lipinski definition) is 6. The highest BCUT2D eigenvalue weighted by atomic mass is 32.2. The number of nitrogens with zero attached hydrogens (tertiary/aromatic N) is 3. The van der Waals surface area contributed by atoms with Crippen LogP contribution in [0.2, 0.25) is 0 Å². The number of ketones is 1. The van der Waals surface area contributed by atoms with E-state index in [9.17, 15) is 14.9 Å². The average Bonchev–Trinajstić information content (AvgIpc) is 2.68. The van der Waals surface area contributed by atoms with Crippen molar-refractivity contribution < 1.29 is 9.72 Å². The number of aliphatic imine (C=N–C) groups is 1. The van der Waals surface area contributed by atoms with Crippen molar-refractivity contribution in [1.82, 2.24) is 0 Å². The molecule has 7 heteroatoms. The maximum atomic E-state index is 12.9. The Morgan fingerprint density at radius 2 is 2.07 bits per heavy atom. The van der Waals surface area contributed by atoms with Crippen LogP contribution < -0.4 is 4.90 Å². The van der Waals surface area contributed by atoms with Gasteiger partial charge in [-0.15, -0.1) is 0 Å². The lowest BCUT2D eigenvalue weighted by molar-refractivity contribution is -0.384. The second-order valence-corrected chi connectivity index (χ2v) is 7.54. The summed E-state index contributed by atoms with van der Waals surface area (Å²) in [4.78, 5) is 30.0. The Bertz CT molecular complexity index is 911. The molecule has 27 heavy (non-hydrogen) atoms. The van der Waals surface area contributed by atoms with Crippen molar-refractivity contribution in [2.45, 2.75) is 20.3 Å². The number of thioether (sulfide) groups is 1. The van der Waals surface area contributed by atoms with Gasteiger partial charge in [0.1, 0.15) is 0 Å². The number of amidine groups is 1. The van der Waals surface area contributed by atoms with Gasteiger partial charge in [-0.05, 0) is 37.5 Å². The van der Waals surface area contributed by atoms with Gasteiger partial charge in [0.15, 0.2) is 11.0 Å². The van der Waals surface area contributed by atoms with Gasteiger partial charge >= 0.3 is 0 Å². The Labute approximate surface area is 162 Å². The third kappa shape index (κ3) is 4.54. The van der Waals surface area contributed by atoms with Gasteiger partial charge in [0.2, 0.25) is 0 Å². The highest BCUT2D eigenvalue weighted by Crippen LogP contribution is 2.27. The molecule has 2 aromatic rings. The number of Topliss-reactive ketones (excluding diaryl/α,β-unsaturated/α-hetero) is 1. The fraction of sp³-hybridized carbons (Fsp3) is 0.300. The molecular weight excluding hydrogens is 362 g/mol. The molecule has 3 rings (SSSR count). The first kappa shape index (κ1) is 19.1. The minimum Gasteiger partial charge on any atom is -0.313 e. The van der Waals surface area contributed by atoms with Gasteiger partial charge in [0.25, 0.3) is 5.69 Å². The number of nitro groups is 1. The number of non-ortho nitro benzene ring substituents is 1. The van der Waals surface area contributed by atoms with Crippen LogP contribution in [0.15, 0.2) is 47.5 Å². The quantitative estimate of drug-likeness (QED) is 0.435. The van der Waals surface area contributed by atoms with Gasteiger partial charge in [-0.2, -0.15) is 0 Å². The van der Waals surface area contributed by atoms with Gasteiger partial charge in [-0.25, -0.2) is 0 Å². The van der Waals surface area contributed by atoms with E-state index in [0.29, 0.717) is 5.56 Å². The Morgan fingerprint density at radius 1 is 1.26 bits per heavy atom. The molecule has 0 fully saturated rings. The summed E-state index contributed by atoms with van der Waals surface area (Å²) >= 11 is 1.64. The number of carbonyl (C=O) groups is 1. The highest BCUT2D eigenvalue weighted by Gasteiger charge is 2.22. The fourth-order valence-electron chi connectivity index (χ4n) is 2.91. The van der Waals surface area contributed by atoms with E-state index in [1.165, 1.54) is 12.1 Å². The molecule has 0 atom stereocenters. The molecule has 2 aromatic carbocycles. The van der Waals surface area contributed by atoms with E-state index in [4.69, 9.17) is 0 Å². The Balaban J connectivity index is 1.95. The zero-order valence-corrected chi connectivity index (χ0v) is 16.2. The number of hydrogen-bond donors (Lipinski definition) is 0. The van der Waals surface area contributed by atoms with E-state index in [2.05, 4.69) is 4.99 Å². The Morgan fingerprint density at radius 3 is 2.78 bits per heavy atom. The van der Waals surface area contributed by atoms with Crippen LogP contribution in [0.4, 0.5) is 11.4 Å². The van der Waals surface area contributed by atoms with E-state index in [-0.39, 0.29) is 18.0 Å². The molecule has 0 radical (unpaired) electrons. The van der Waals surface area contributed by atoms with Crippen LogP contribution >= 0.6 is 11.8 Å². The number of rotatable bonds is 5. The van der Waals surface area contributed by atoms with Gasteiger partial charge in [-0.3, -0.25) is 19.9 Å². The van der Waals surface area contributed by atoms with Gasteiger partial charge < -0.3 is 4.90 Å². The van der Waals surface area contributed by atoms with Crippen molar-refractivity contribution in [2.24, 2.45) is 4.99 Å². The summed E-state index contributed by atoms with van der Waals surface area (Å²) < 4.78 is 0. The number of nitro benzene ring substituents is 1. The van der Waals surface area contributed by atoms with Gasteiger partial charge in [-0.1, -0.05) is 36.0 Å². The van der Waals surface area contributed by atoms with Gasteiger partial charge in [0, 0.05) is 35.7 Å². The molecule has 0 spiro atoms. The SMILES string of the molecule is Cc1ccc(C)c(N(CC(=O)c2cccc([N+](=O)[O-])c2)C2=NCCCS2)c1. The highest BCUT2D eigenvalue weighted by molar-refractivity contribution is 8.14. The first-order valence-corrected chi connectivity index (χ1v) is 9.74. The minimum absolute atomic E-state index is 0.0801. The molecule has 0 aromatic heterocycles. The lowest BCUT2D eigenvalue weighted by Crippen LogP contribution is -2.36. The normalized spacial score (nSPS) is 13.8. The third-order valence-corrected chi connectivity index (χ3v) is 5.45. The van der Waals surface area contributed by atoms with Crippen molar-refractivity contribution in [1.29, 1.82) is 0 Å². The number of aryl methyl sites for hydroxylation is 2. The zero-order chi connectivity index (χ0) is 19.4. The predicted octanol–water partition coefficient (Wildman–Crippen LogP) is 4.39. The van der Waals surface area contributed by atoms with Crippen LogP contribution in [0.3, 0.4) is 0 Å². The molecule has 0 amide bonds. The van der Waals surface area contributed by atoms with E-state index in [1.807, 2.05) is 36.9 Å². The largest absolute Gasteiger partial charge is 0.313 e. The molecular formula is C20H21N3O3S. The smallest absolute Gasteiger partial charge is 0.270 e. The summed E-state index contributed by atoms with van der Waals surface area (Å²) in [6, 6.07) is 12.0. The molecule has 1 aliphatic heterocycles. The van der Waals surface area contributed by atoms with Crippen molar-refractivity contribution in [3.05, 3.63) is 69.3 Å². The summed E-state index contributed by atoms with van der Waals surface area (Å²) in [5.41, 5.74) is 3.36. The van der Waals surface area contributed by atoms with Crippen LogP contribution in [-0.4, -0.2) is 34.7 Å². The van der Waals surface area contributed by atoms with Crippen LogP contribution in [0, 0.1) is 24.0 Å².